The van der Waals surface area contributed by atoms with E-state index in [4.69, 9.17) is 11.6 Å². The Balaban J connectivity index is 2.58. The number of nitrogens with zero attached hydrogens (tertiary/aromatic N) is 1. The number of pyridine rings is 1. The molecule has 0 saturated carbocycles. The first-order chi connectivity index (χ1) is 8.04. The quantitative estimate of drug-likeness (QED) is 0.846. The van der Waals surface area contributed by atoms with Crippen LogP contribution < -0.4 is 5.32 Å². The van der Waals surface area contributed by atoms with Gasteiger partial charge in [0.05, 0.1) is 16.7 Å². The number of amides is 1. The molecule has 0 spiro atoms. The molecule has 0 saturated heterocycles. The van der Waals surface area contributed by atoms with Gasteiger partial charge < -0.3 is 10.4 Å². The van der Waals surface area contributed by atoms with Crippen molar-refractivity contribution in [2.45, 2.75) is 32.8 Å². The zero-order chi connectivity index (χ0) is 12.8. The fourth-order valence-electron chi connectivity index (χ4n) is 1.43. The van der Waals surface area contributed by atoms with Crippen LogP contribution >= 0.6 is 11.6 Å². The summed E-state index contributed by atoms with van der Waals surface area (Å²) in [5, 5.41) is 12.5. The molecule has 1 unspecified atom stereocenters. The monoisotopic (exact) mass is 256 g/mol. The van der Waals surface area contributed by atoms with Crippen LogP contribution in [0.5, 0.6) is 0 Å². The summed E-state index contributed by atoms with van der Waals surface area (Å²) in [7, 11) is 0. The maximum Gasteiger partial charge on any atom is 0.254 e. The number of aromatic nitrogens is 1. The average Bonchev–Trinajstić information content (AvgIpc) is 2.26. The van der Waals surface area contributed by atoms with E-state index in [1.54, 1.807) is 13.0 Å². The number of aryl methyl sites for hydroxylation is 1. The summed E-state index contributed by atoms with van der Waals surface area (Å²) in [6.07, 6.45) is 2.48. The summed E-state index contributed by atoms with van der Waals surface area (Å²) >= 11 is 5.94. The van der Waals surface area contributed by atoms with Gasteiger partial charge in [-0.1, -0.05) is 24.9 Å². The van der Waals surface area contributed by atoms with Crippen molar-refractivity contribution in [2.24, 2.45) is 0 Å². The Morgan fingerprint density at radius 3 is 2.94 bits per heavy atom. The molecule has 1 aromatic rings. The van der Waals surface area contributed by atoms with Crippen LogP contribution in [-0.4, -0.2) is 28.6 Å². The minimum atomic E-state index is -0.513. The van der Waals surface area contributed by atoms with Gasteiger partial charge in [-0.25, -0.2) is 0 Å². The highest BCUT2D eigenvalue weighted by Crippen LogP contribution is 2.15. The van der Waals surface area contributed by atoms with Crippen LogP contribution in [0.4, 0.5) is 0 Å². The molecule has 1 rings (SSSR count). The Labute approximate surface area is 106 Å². The van der Waals surface area contributed by atoms with Gasteiger partial charge in [-0.3, -0.25) is 9.78 Å². The predicted octanol–water partition coefficient (Wildman–Crippen LogP) is 1.93. The minimum Gasteiger partial charge on any atom is -0.391 e. The first-order valence-corrected chi connectivity index (χ1v) is 6.00. The summed E-state index contributed by atoms with van der Waals surface area (Å²) in [5.41, 5.74) is 1.10. The van der Waals surface area contributed by atoms with Gasteiger partial charge in [-0.15, -0.1) is 0 Å². The molecule has 0 aliphatic heterocycles. The van der Waals surface area contributed by atoms with E-state index in [9.17, 15) is 9.90 Å². The average molecular weight is 257 g/mol. The Bertz CT molecular complexity index is 396. The van der Waals surface area contributed by atoms with Crippen molar-refractivity contribution < 1.29 is 9.90 Å². The highest BCUT2D eigenvalue weighted by atomic mass is 35.5. The van der Waals surface area contributed by atoms with Gasteiger partial charge >= 0.3 is 0 Å². The van der Waals surface area contributed by atoms with Gasteiger partial charge in [0.25, 0.3) is 5.91 Å². The van der Waals surface area contributed by atoms with Crippen LogP contribution in [-0.2, 0) is 0 Å². The van der Waals surface area contributed by atoms with E-state index in [1.807, 2.05) is 6.92 Å². The molecule has 1 aromatic heterocycles. The van der Waals surface area contributed by atoms with Crippen LogP contribution in [0.1, 0.15) is 35.8 Å². The van der Waals surface area contributed by atoms with Crippen LogP contribution in [0.25, 0.3) is 0 Å². The van der Waals surface area contributed by atoms with E-state index in [0.29, 0.717) is 17.0 Å². The molecule has 0 aliphatic carbocycles. The minimum absolute atomic E-state index is 0.233. The van der Waals surface area contributed by atoms with Crippen molar-refractivity contribution in [2.75, 3.05) is 6.54 Å². The zero-order valence-electron chi connectivity index (χ0n) is 10.0. The van der Waals surface area contributed by atoms with E-state index < -0.39 is 6.10 Å². The number of carbonyl (C=O) groups excluding carboxylic acids is 1. The summed E-state index contributed by atoms with van der Waals surface area (Å²) in [6, 6.07) is 1.64. The molecule has 4 nitrogen and oxygen atoms in total. The standard InChI is InChI=1S/C12H17ClN2O2/c1-3-4-9(16)6-15-12(17)10-7-14-8(2)5-11(10)13/h5,7,9,16H,3-4,6H2,1-2H3,(H,15,17). The summed E-state index contributed by atoms with van der Waals surface area (Å²) < 4.78 is 0. The summed E-state index contributed by atoms with van der Waals surface area (Å²) in [6.45, 7) is 4.02. The van der Waals surface area contributed by atoms with Crippen molar-refractivity contribution in [3.63, 3.8) is 0 Å². The smallest absolute Gasteiger partial charge is 0.254 e. The molecule has 0 aromatic carbocycles. The van der Waals surface area contributed by atoms with E-state index in [2.05, 4.69) is 10.3 Å². The third kappa shape index (κ3) is 4.32. The Morgan fingerprint density at radius 2 is 2.35 bits per heavy atom. The number of hydrogen-bond acceptors (Lipinski definition) is 3. The molecule has 1 heterocycles. The fourth-order valence-corrected chi connectivity index (χ4v) is 1.73. The van der Waals surface area contributed by atoms with Crippen LogP contribution in [0, 0.1) is 6.92 Å². The fraction of sp³-hybridized carbons (Fsp3) is 0.500. The van der Waals surface area contributed by atoms with E-state index in [1.165, 1.54) is 6.20 Å². The molecule has 0 radical (unpaired) electrons. The number of aliphatic hydroxyl groups is 1. The Kier molecular flexibility index (Phi) is 5.38. The number of rotatable bonds is 5. The second kappa shape index (κ2) is 6.57. The van der Waals surface area contributed by atoms with Crippen molar-refractivity contribution in [1.29, 1.82) is 0 Å². The normalized spacial score (nSPS) is 12.2. The molecule has 1 amide bonds. The van der Waals surface area contributed by atoms with Gasteiger partial charge in [0.1, 0.15) is 0 Å². The number of hydrogen-bond donors (Lipinski definition) is 2. The van der Waals surface area contributed by atoms with Crippen molar-refractivity contribution in [1.82, 2.24) is 10.3 Å². The van der Waals surface area contributed by atoms with Gasteiger partial charge in [0.15, 0.2) is 0 Å². The molecule has 2 N–H and O–H groups in total. The molecule has 94 valence electrons. The lowest BCUT2D eigenvalue weighted by molar-refractivity contribution is 0.0910. The van der Waals surface area contributed by atoms with Crippen LogP contribution in [0.15, 0.2) is 12.3 Å². The number of carbonyl (C=O) groups is 1. The number of aliphatic hydroxyl groups excluding tert-OH is 1. The van der Waals surface area contributed by atoms with Gasteiger partial charge in [0.2, 0.25) is 0 Å². The molecular formula is C12H17ClN2O2. The van der Waals surface area contributed by atoms with Crippen molar-refractivity contribution in [3.8, 4) is 0 Å². The second-order valence-electron chi connectivity index (χ2n) is 3.96. The second-order valence-corrected chi connectivity index (χ2v) is 4.37. The van der Waals surface area contributed by atoms with Crippen molar-refractivity contribution in [3.05, 3.63) is 28.5 Å². The first-order valence-electron chi connectivity index (χ1n) is 5.63. The molecule has 17 heavy (non-hydrogen) atoms. The number of nitrogens with one attached hydrogen (secondary N) is 1. The van der Waals surface area contributed by atoms with Gasteiger partial charge in [-0.05, 0) is 19.4 Å². The molecular weight excluding hydrogens is 240 g/mol. The van der Waals surface area contributed by atoms with E-state index >= 15 is 0 Å². The molecule has 0 fully saturated rings. The topological polar surface area (TPSA) is 62.2 Å². The van der Waals surface area contributed by atoms with Crippen LogP contribution in [0.2, 0.25) is 5.02 Å². The molecule has 0 bridgehead atoms. The summed E-state index contributed by atoms with van der Waals surface area (Å²) in [4.78, 5) is 15.8. The Hall–Kier alpha value is -1.13. The lowest BCUT2D eigenvalue weighted by Gasteiger charge is -2.11. The zero-order valence-corrected chi connectivity index (χ0v) is 10.8. The number of halogens is 1. The van der Waals surface area contributed by atoms with E-state index in [-0.39, 0.29) is 12.5 Å². The molecule has 1 atom stereocenters. The first kappa shape index (κ1) is 13.9. The maximum atomic E-state index is 11.7. The lowest BCUT2D eigenvalue weighted by atomic mass is 10.2. The van der Waals surface area contributed by atoms with Gasteiger partial charge in [-0.2, -0.15) is 0 Å². The largest absolute Gasteiger partial charge is 0.391 e. The molecule has 5 heteroatoms. The SMILES string of the molecule is CCCC(O)CNC(=O)c1cnc(C)cc1Cl. The van der Waals surface area contributed by atoms with Gasteiger partial charge in [0, 0.05) is 18.4 Å². The van der Waals surface area contributed by atoms with Crippen LogP contribution in [0.3, 0.4) is 0 Å². The third-order valence-electron chi connectivity index (χ3n) is 2.35. The Morgan fingerprint density at radius 1 is 1.65 bits per heavy atom. The highest BCUT2D eigenvalue weighted by molar-refractivity contribution is 6.33. The molecule has 0 aliphatic rings. The van der Waals surface area contributed by atoms with Crippen molar-refractivity contribution >= 4 is 17.5 Å². The predicted molar refractivity (Wildman–Crippen MR) is 67.2 cm³/mol. The summed E-state index contributed by atoms with van der Waals surface area (Å²) in [5.74, 6) is -0.308. The maximum absolute atomic E-state index is 11.7. The lowest BCUT2D eigenvalue weighted by Crippen LogP contribution is -2.32. The van der Waals surface area contributed by atoms with E-state index in [0.717, 1.165) is 12.1 Å². The highest BCUT2D eigenvalue weighted by Gasteiger charge is 2.12. The third-order valence-corrected chi connectivity index (χ3v) is 2.67.